The average molecular weight is 403 g/mol. The van der Waals surface area contributed by atoms with Gasteiger partial charge in [-0.25, -0.2) is 0 Å². The van der Waals surface area contributed by atoms with Crippen LogP contribution in [0.25, 0.3) is 0 Å². The fourth-order valence-corrected chi connectivity index (χ4v) is 3.42. The van der Waals surface area contributed by atoms with Crippen LogP contribution in [0, 0.1) is 5.92 Å². The number of allylic oxidation sites excluding steroid dienone is 1. The third-order valence-corrected chi connectivity index (χ3v) is 5.04. The summed E-state index contributed by atoms with van der Waals surface area (Å²) in [5.74, 6) is -1.41. The van der Waals surface area contributed by atoms with Crippen LogP contribution in [-0.4, -0.2) is 59.0 Å². The SMILES string of the molecule is CC(C)/C=C/[C@H]1OC(C)(C)O[C@@H]1[C@@H](O)[C@@H](Cl)C(=O)N[C@H]1CCCCNC1=O. The summed E-state index contributed by atoms with van der Waals surface area (Å²) in [6.45, 7) is 8.14. The highest BCUT2D eigenvalue weighted by Crippen LogP contribution is 2.32. The molecule has 2 aliphatic rings. The van der Waals surface area contributed by atoms with Gasteiger partial charge in [-0.3, -0.25) is 9.59 Å². The third-order valence-electron chi connectivity index (χ3n) is 4.59. The minimum Gasteiger partial charge on any atom is -0.388 e. The van der Waals surface area contributed by atoms with Crippen molar-refractivity contribution in [3.8, 4) is 0 Å². The molecule has 7 nitrogen and oxygen atoms in total. The Morgan fingerprint density at radius 1 is 1.37 bits per heavy atom. The van der Waals surface area contributed by atoms with E-state index < -0.39 is 41.4 Å². The number of hydrogen-bond acceptors (Lipinski definition) is 5. The maximum atomic E-state index is 12.5. The van der Waals surface area contributed by atoms with Gasteiger partial charge >= 0.3 is 0 Å². The van der Waals surface area contributed by atoms with E-state index in [2.05, 4.69) is 10.6 Å². The second-order valence-electron chi connectivity index (χ2n) is 7.93. The zero-order valence-corrected chi connectivity index (χ0v) is 17.2. The minimum atomic E-state index is -1.29. The van der Waals surface area contributed by atoms with Gasteiger partial charge in [0, 0.05) is 6.54 Å². The summed E-state index contributed by atoms with van der Waals surface area (Å²) in [6.07, 6.45) is 3.43. The lowest BCUT2D eigenvalue weighted by Crippen LogP contribution is -2.52. The van der Waals surface area contributed by atoms with E-state index in [1.807, 2.05) is 26.0 Å². The fourth-order valence-electron chi connectivity index (χ4n) is 3.21. The molecule has 2 saturated heterocycles. The van der Waals surface area contributed by atoms with E-state index in [1.165, 1.54) is 0 Å². The fraction of sp³-hybridized carbons (Fsp3) is 0.789. The molecule has 2 aliphatic heterocycles. The Morgan fingerprint density at radius 2 is 2.07 bits per heavy atom. The summed E-state index contributed by atoms with van der Waals surface area (Å²) in [4.78, 5) is 24.5. The molecule has 2 fully saturated rings. The second kappa shape index (κ2) is 9.37. The molecular weight excluding hydrogens is 372 g/mol. The molecule has 0 bridgehead atoms. The van der Waals surface area contributed by atoms with Crippen molar-refractivity contribution in [3.63, 3.8) is 0 Å². The summed E-state index contributed by atoms with van der Waals surface area (Å²) in [6, 6.07) is -0.637. The first kappa shape index (κ1) is 22.1. The Kier molecular flexibility index (Phi) is 7.68. The standard InChI is InChI=1S/C19H31ClN2O5/c1-11(2)8-9-13-16(27-19(3,4)26-13)15(23)14(20)18(25)22-12-7-5-6-10-21-17(12)24/h8-9,11-16,23H,5-7,10H2,1-4H3,(H,21,24)(H,22,25)/b9-8+/t12-,13+,14+,15-,16-/m0/s1. The Bertz CT molecular complexity index is 566. The first-order valence-electron chi connectivity index (χ1n) is 9.55. The average Bonchev–Trinajstić information content (AvgIpc) is 2.77. The molecule has 3 N–H and O–H groups in total. The number of ether oxygens (including phenoxy) is 2. The van der Waals surface area contributed by atoms with Crippen LogP contribution in [0.3, 0.4) is 0 Å². The predicted molar refractivity (Wildman–Crippen MR) is 102 cm³/mol. The Morgan fingerprint density at radius 3 is 2.74 bits per heavy atom. The van der Waals surface area contributed by atoms with Gasteiger partial charge in [0.05, 0.1) is 0 Å². The molecule has 0 aliphatic carbocycles. The van der Waals surface area contributed by atoms with E-state index in [-0.39, 0.29) is 5.91 Å². The number of alkyl halides is 1. The van der Waals surface area contributed by atoms with Crippen molar-refractivity contribution in [2.45, 2.75) is 82.5 Å². The number of nitrogens with one attached hydrogen (secondary N) is 2. The topological polar surface area (TPSA) is 96.9 Å². The molecule has 2 amide bonds. The summed E-state index contributed by atoms with van der Waals surface area (Å²) < 4.78 is 11.6. The lowest BCUT2D eigenvalue weighted by molar-refractivity contribution is -0.155. The highest BCUT2D eigenvalue weighted by atomic mass is 35.5. The lowest BCUT2D eigenvalue weighted by atomic mass is 10.0. The van der Waals surface area contributed by atoms with Crippen LogP contribution in [0.5, 0.6) is 0 Å². The van der Waals surface area contributed by atoms with Crippen LogP contribution in [0.2, 0.25) is 0 Å². The maximum absolute atomic E-state index is 12.5. The first-order valence-corrected chi connectivity index (χ1v) is 9.98. The van der Waals surface area contributed by atoms with E-state index in [0.717, 1.165) is 12.8 Å². The zero-order valence-electron chi connectivity index (χ0n) is 16.4. The summed E-state index contributed by atoms with van der Waals surface area (Å²) in [5.41, 5.74) is 0. The van der Waals surface area contributed by atoms with Crippen LogP contribution in [0.1, 0.15) is 47.0 Å². The van der Waals surface area contributed by atoms with Crippen LogP contribution in [-0.2, 0) is 19.1 Å². The number of halogens is 1. The number of amides is 2. The molecule has 0 spiro atoms. The number of aliphatic hydroxyl groups excluding tert-OH is 1. The molecule has 8 heteroatoms. The van der Waals surface area contributed by atoms with Crippen molar-refractivity contribution in [2.75, 3.05) is 6.54 Å². The van der Waals surface area contributed by atoms with Crippen LogP contribution < -0.4 is 10.6 Å². The quantitative estimate of drug-likeness (QED) is 0.461. The number of carbonyl (C=O) groups excluding carboxylic acids is 2. The van der Waals surface area contributed by atoms with E-state index in [9.17, 15) is 14.7 Å². The van der Waals surface area contributed by atoms with Crippen LogP contribution in [0.15, 0.2) is 12.2 Å². The molecule has 0 saturated carbocycles. The largest absolute Gasteiger partial charge is 0.388 e. The van der Waals surface area contributed by atoms with Crippen molar-refractivity contribution in [2.24, 2.45) is 5.92 Å². The van der Waals surface area contributed by atoms with Gasteiger partial charge in [-0.05, 0) is 39.0 Å². The van der Waals surface area contributed by atoms with Gasteiger partial charge in [-0.15, -0.1) is 11.6 Å². The van der Waals surface area contributed by atoms with Crippen molar-refractivity contribution in [1.29, 1.82) is 0 Å². The van der Waals surface area contributed by atoms with E-state index >= 15 is 0 Å². The van der Waals surface area contributed by atoms with Gasteiger partial charge in [0.2, 0.25) is 11.8 Å². The molecule has 27 heavy (non-hydrogen) atoms. The monoisotopic (exact) mass is 402 g/mol. The van der Waals surface area contributed by atoms with E-state index in [4.69, 9.17) is 21.1 Å². The van der Waals surface area contributed by atoms with Gasteiger partial charge in [-0.2, -0.15) is 0 Å². The van der Waals surface area contributed by atoms with Crippen molar-refractivity contribution >= 4 is 23.4 Å². The van der Waals surface area contributed by atoms with Crippen molar-refractivity contribution in [1.82, 2.24) is 10.6 Å². The number of rotatable bonds is 6. The third kappa shape index (κ3) is 6.17. The molecule has 0 aromatic carbocycles. The normalized spacial score (nSPS) is 30.8. The van der Waals surface area contributed by atoms with Gasteiger partial charge in [0.25, 0.3) is 0 Å². The van der Waals surface area contributed by atoms with Crippen LogP contribution >= 0.6 is 11.6 Å². The lowest BCUT2D eigenvalue weighted by Gasteiger charge is -2.26. The van der Waals surface area contributed by atoms with Crippen LogP contribution in [0.4, 0.5) is 0 Å². The number of aliphatic hydroxyl groups is 1. The predicted octanol–water partition coefficient (Wildman–Crippen LogP) is 1.47. The molecule has 0 aromatic heterocycles. The van der Waals surface area contributed by atoms with Gasteiger partial charge in [0.1, 0.15) is 29.7 Å². The van der Waals surface area contributed by atoms with Gasteiger partial charge in [0.15, 0.2) is 5.79 Å². The van der Waals surface area contributed by atoms with E-state index in [0.29, 0.717) is 18.9 Å². The highest BCUT2D eigenvalue weighted by Gasteiger charge is 2.47. The molecule has 5 atom stereocenters. The summed E-state index contributed by atoms with van der Waals surface area (Å²) in [7, 11) is 0. The zero-order chi connectivity index (χ0) is 20.2. The molecule has 0 aromatic rings. The smallest absolute Gasteiger partial charge is 0.242 e. The Balaban J connectivity index is 2.03. The number of carbonyl (C=O) groups is 2. The summed E-state index contributed by atoms with van der Waals surface area (Å²) >= 11 is 6.24. The Hall–Kier alpha value is -1.15. The molecule has 0 radical (unpaired) electrons. The molecular formula is C19H31ClN2O5. The number of hydrogen-bond donors (Lipinski definition) is 3. The second-order valence-corrected chi connectivity index (χ2v) is 8.40. The summed E-state index contributed by atoms with van der Waals surface area (Å²) in [5, 5.41) is 14.8. The maximum Gasteiger partial charge on any atom is 0.242 e. The van der Waals surface area contributed by atoms with Gasteiger partial charge in [-0.1, -0.05) is 26.0 Å². The molecule has 0 unspecified atom stereocenters. The molecule has 2 rings (SSSR count). The first-order chi connectivity index (χ1) is 12.6. The molecule has 154 valence electrons. The van der Waals surface area contributed by atoms with Crippen molar-refractivity contribution < 1.29 is 24.2 Å². The Labute approximate surface area is 165 Å². The minimum absolute atomic E-state index is 0.224. The molecule has 2 heterocycles. The van der Waals surface area contributed by atoms with Crippen molar-refractivity contribution in [3.05, 3.63) is 12.2 Å². The van der Waals surface area contributed by atoms with E-state index in [1.54, 1.807) is 13.8 Å². The van der Waals surface area contributed by atoms with Gasteiger partial charge < -0.3 is 25.2 Å². The highest BCUT2D eigenvalue weighted by molar-refractivity contribution is 6.31.